The fourth-order valence-corrected chi connectivity index (χ4v) is 5.99. The fourth-order valence-electron chi connectivity index (χ4n) is 4.49. The molecule has 3 aromatic rings. The van der Waals surface area contributed by atoms with Crippen LogP contribution in [0.15, 0.2) is 59.9 Å². The maximum Gasteiger partial charge on any atom is 0.254 e. The zero-order valence-electron chi connectivity index (χ0n) is 21.5. The molecule has 11 heteroatoms. The van der Waals surface area contributed by atoms with E-state index in [-0.39, 0.29) is 54.7 Å². The van der Waals surface area contributed by atoms with Crippen molar-refractivity contribution >= 4 is 15.7 Å². The summed E-state index contributed by atoms with van der Waals surface area (Å²) in [6.07, 6.45) is 3.01. The molecule has 4 rings (SSSR count). The van der Waals surface area contributed by atoms with Crippen LogP contribution in [-0.4, -0.2) is 68.9 Å². The van der Waals surface area contributed by atoms with Crippen LogP contribution in [0.2, 0.25) is 0 Å². The van der Waals surface area contributed by atoms with Gasteiger partial charge in [-0.25, -0.2) is 17.8 Å². The van der Waals surface area contributed by atoms with E-state index < -0.39 is 15.7 Å². The molecule has 0 saturated carbocycles. The lowest BCUT2D eigenvalue weighted by atomic mass is 10.1. The number of amides is 1. The number of benzene rings is 2. The highest BCUT2D eigenvalue weighted by molar-refractivity contribution is 7.90. The zero-order chi connectivity index (χ0) is 27.1. The third-order valence-corrected chi connectivity index (χ3v) is 7.94. The second-order valence-corrected chi connectivity index (χ2v) is 11.0. The number of ether oxygens (including phenoxy) is 3. The smallest absolute Gasteiger partial charge is 0.254 e. The van der Waals surface area contributed by atoms with Crippen LogP contribution >= 0.6 is 0 Å². The summed E-state index contributed by atoms with van der Waals surface area (Å²) >= 11 is 0. The van der Waals surface area contributed by atoms with Crippen LogP contribution in [0.4, 0.5) is 4.39 Å². The third-order valence-electron chi connectivity index (χ3n) is 6.35. The van der Waals surface area contributed by atoms with Gasteiger partial charge in [0, 0.05) is 32.4 Å². The standard InChI is InChI=1S/C27H32FN3O6S/c1-35-13-11-31-23(16-29-27(31)38(33,34)19-20-6-3-9-24(14-20)36-2)17-30(18-25-10-5-12-37-25)26(32)21-7-4-8-22(28)15-21/h3-4,6-9,14-16,25H,5,10-13,17-19H2,1-2H3. The van der Waals surface area contributed by atoms with Gasteiger partial charge in [0.1, 0.15) is 11.6 Å². The monoisotopic (exact) mass is 545 g/mol. The molecule has 38 heavy (non-hydrogen) atoms. The van der Waals surface area contributed by atoms with Crippen molar-refractivity contribution in [3.63, 3.8) is 0 Å². The van der Waals surface area contributed by atoms with Gasteiger partial charge < -0.3 is 23.7 Å². The molecule has 0 radical (unpaired) electrons. The first-order valence-electron chi connectivity index (χ1n) is 12.4. The Morgan fingerprint density at radius 3 is 2.74 bits per heavy atom. The van der Waals surface area contributed by atoms with Crippen molar-refractivity contribution in [2.45, 2.75) is 42.9 Å². The normalized spacial score (nSPS) is 15.5. The van der Waals surface area contributed by atoms with Gasteiger partial charge in [-0.15, -0.1) is 0 Å². The number of methoxy groups -OCH3 is 2. The SMILES string of the molecule is COCCn1c(CN(CC2CCCO2)C(=O)c2cccc(F)c2)cnc1S(=O)(=O)Cc1cccc(OC)c1. The van der Waals surface area contributed by atoms with E-state index in [0.29, 0.717) is 23.6 Å². The van der Waals surface area contributed by atoms with Crippen molar-refractivity contribution in [1.82, 2.24) is 14.5 Å². The predicted molar refractivity (Wildman–Crippen MR) is 138 cm³/mol. The molecule has 2 heterocycles. The van der Waals surface area contributed by atoms with Gasteiger partial charge in [-0.2, -0.15) is 0 Å². The van der Waals surface area contributed by atoms with Gasteiger partial charge in [-0.3, -0.25) is 4.79 Å². The molecule has 0 bridgehead atoms. The third kappa shape index (κ3) is 6.77. The van der Waals surface area contributed by atoms with Crippen LogP contribution in [-0.2, 0) is 38.2 Å². The Hall–Kier alpha value is -3.28. The minimum Gasteiger partial charge on any atom is -0.497 e. The number of aromatic nitrogens is 2. The average Bonchev–Trinajstić information content (AvgIpc) is 3.57. The number of carbonyl (C=O) groups is 1. The molecule has 2 aromatic carbocycles. The first-order chi connectivity index (χ1) is 18.3. The Kier molecular flexibility index (Phi) is 9.13. The van der Waals surface area contributed by atoms with Crippen molar-refractivity contribution in [1.29, 1.82) is 0 Å². The summed E-state index contributed by atoms with van der Waals surface area (Å²) in [6, 6.07) is 12.4. The molecule has 9 nitrogen and oxygen atoms in total. The van der Waals surface area contributed by atoms with Crippen LogP contribution in [0, 0.1) is 5.82 Å². The van der Waals surface area contributed by atoms with Gasteiger partial charge in [-0.1, -0.05) is 18.2 Å². The molecule has 1 aliphatic heterocycles. The number of carbonyl (C=O) groups excluding carboxylic acids is 1. The van der Waals surface area contributed by atoms with Gasteiger partial charge in [0.15, 0.2) is 0 Å². The topological polar surface area (TPSA) is 100.0 Å². The van der Waals surface area contributed by atoms with E-state index in [1.165, 1.54) is 38.6 Å². The summed E-state index contributed by atoms with van der Waals surface area (Å²) in [5, 5.41) is -0.109. The Labute approximate surface area is 222 Å². The summed E-state index contributed by atoms with van der Waals surface area (Å²) in [4.78, 5) is 19.3. The Balaban J connectivity index is 1.65. The van der Waals surface area contributed by atoms with Crippen molar-refractivity contribution in [2.75, 3.05) is 34.0 Å². The number of sulfone groups is 1. The number of hydrogen-bond acceptors (Lipinski definition) is 7. The molecule has 1 amide bonds. The minimum absolute atomic E-state index is 0.0700. The van der Waals surface area contributed by atoms with Crippen LogP contribution in [0.1, 0.15) is 34.5 Å². The molecule has 1 atom stereocenters. The van der Waals surface area contributed by atoms with Crippen molar-refractivity contribution in [3.05, 3.63) is 77.4 Å². The van der Waals surface area contributed by atoms with E-state index in [9.17, 15) is 17.6 Å². The number of imidazole rings is 1. The molecule has 0 N–H and O–H groups in total. The number of hydrogen-bond donors (Lipinski definition) is 0. The molecule has 1 fully saturated rings. The van der Waals surface area contributed by atoms with Crippen molar-refractivity contribution in [2.24, 2.45) is 0 Å². The molecular formula is C27H32FN3O6S. The number of nitrogens with zero attached hydrogens (tertiary/aromatic N) is 3. The maximum absolute atomic E-state index is 13.9. The first-order valence-corrected chi connectivity index (χ1v) is 14.0. The highest BCUT2D eigenvalue weighted by Crippen LogP contribution is 2.23. The largest absolute Gasteiger partial charge is 0.497 e. The van der Waals surface area contributed by atoms with Gasteiger partial charge in [0.25, 0.3) is 5.91 Å². The first kappa shape index (κ1) is 27.7. The lowest BCUT2D eigenvalue weighted by molar-refractivity contribution is 0.0500. The highest BCUT2D eigenvalue weighted by atomic mass is 32.2. The molecule has 0 aliphatic carbocycles. The van der Waals surface area contributed by atoms with E-state index >= 15 is 0 Å². The van der Waals surface area contributed by atoms with E-state index in [1.54, 1.807) is 39.8 Å². The molecule has 0 spiro atoms. The summed E-state index contributed by atoms with van der Waals surface area (Å²) in [6.45, 7) is 1.44. The van der Waals surface area contributed by atoms with Crippen LogP contribution < -0.4 is 4.74 Å². The van der Waals surface area contributed by atoms with Gasteiger partial charge in [0.05, 0.1) is 44.0 Å². The summed E-state index contributed by atoms with van der Waals surface area (Å²) in [7, 11) is -0.807. The lowest BCUT2D eigenvalue weighted by Crippen LogP contribution is -2.37. The lowest BCUT2D eigenvalue weighted by Gasteiger charge is -2.26. The molecule has 1 unspecified atom stereocenters. The number of halogens is 1. The van der Waals surface area contributed by atoms with Crippen LogP contribution in [0.3, 0.4) is 0 Å². The Morgan fingerprint density at radius 1 is 1.21 bits per heavy atom. The van der Waals surface area contributed by atoms with Crippen molar-refractivity contribution < 1.29 is 31.8 Å². The molecule has 204 valence electrons. The van der Waals surface area contributed by atoms with E-state index in [4.69, 9.17) is 14.2 Å². The van der Waals surface area contributed by atoms with E-state index in [2.05, 4.69) is 4.98 Å². The van der Waals surface area contributed by atoms with Gasteiger partial charge in [0.2, 0.25) is 15.0 Å². The highest BCUT2D eigenvalue weighted by Gasteiger charge is 2.28. The quantitative estimate of drug-likeness (QED) is 0.344. The van der Waals surface area contributed by atoms with Crippen LogP contribution in [0.5, 0.6) is 5.75 Å². The average molecular weight is 546 g/mol. The zero-order valence-corrected chi connectivity index (χ0v) is 22.3. The summed E-state index contributed by atoms with van der Waals surface area (Å²) < 4.78 is 58.6. The summed E-state index contributed by atoms with van der Waals surface area (Å²) in [5.74, 6) is -0.596. The Bertz CT molecular complexity index is 1350. The molecule has 1 saturated heterocycles. The fraction of sp³-hybridized carbons (Fsp3) is 0.407. The van der Waals surface area contributed by atoms with Gasteiger partial charge >= 0.3 is 0 Å². The molecule has 1 aromatic heterocycles. The maximum atomic E-state index is 13.9. The second kappa shape index (κ2) is 12.5. The minimum atomic E-state index is -3.85. The van der Waals surface area contributed by atoms with Crippen molar-refractivity contribution in [3.8, 4) is 5.75 Å². The Morgan fingerprint density at radius 2 is 2.03 bits per heavy atom. The molecular weight excluding hydrogens is 513 g/mol. The second-order valence-electron chi connectivity index (χ2n) is 9.12. The predicted octanol–water partition coefficient (Wildman–Crippen LogP) is 3.47. The van der Waals surface area contributed by atoms with Crippen LogP contribution in [0.25, 0.3) is 0 Å². The number of rotatable bonds is 12. The summed E-state index contributed by atoms with van der Waals surface area (Å²) in [5.41, 5.74) is 1.29. The van der Waals surface area contributed by atoms with E-state index in [1.807, 2.05) is 0 Å². The molecule has 1 aliphatic rings. The van der Waals surface area contributed by atoms with Gasteiger partial charge in [-0.05, 0) is 48.7 Å². The van der Waals surface area contributed by atoms with E-state index in [0.717, 1.165) is 12.8 Å².